The van der Waals surface area contributed by atoms with Crippen molar-refractivity contribution >= 4 is 23.2 Å². The molecule has 142 valence electrons. The molecule has 1 aliphatic carbocycles. The summed E-state index contributed by atoms with van der Waals surface area (Å²) in [5, 5.41) is 5.72. The number of carbonyl (C=O) groups is 2. The van der Waals surface area contributed by atoms with Crippen molar-refractivity contribution in [3.05, 3.63) is 66.1 Å². The molecular weight excluding hydrogens is 354 g/mol. The number of rotatable bonds is 6. The van der Waals surface area contributed by atoms with E-state index < -0.39 is 0 Å². The summed E-state index contributed by atoms with van der Waals surface area (Å²) in [5.74, 6) is 1.19. The van der Waals surface area contributed by atoms with Gasteiger partial charge >= 0.3 is 0 Å². The molecular formula is C22H21N3O3. The number of amides is 2. The van der Waals surface area contributed by atoms with Gasteiger partial charge in [0.1, 0.15) is 5.76 Å². The van der Waals surface area contributed by atoms with Crippen molar-refractivity contribution in [1.82, 2.24) is 4.98 Å². The molecule has 0 aliphatic heterocycles. The average molecular weight is 375 g/mol. The van der Waals surface area contributed by atoms with E-state index in [1.165, 1.54) is 0 Å². The molecule has 6 nitrogen and oxygen atoms in total. The maximum atomic E-state index is 12.4. The summed E-state index contributed by atoms with van der Waals surface area (Å²) in [6.07, 6.45) is 2.06. The van der Waals surface area contributed by atoms with Gasteiger partial charge in [-0.05, 0) is 56.2 Å². The van der Waals surface area contributed by atoms with E-state index in [1.54, 1.807) is 31.2 Å². The van der Waals surface area contributed by atoms with Gasteiger partial charge < -0.3 is 15.1 Å². The van der Waals surface area contributed by atoms with Gasteiger partial charge in [0.2, 0.25) is 17.7 Å². The highest BCUT2D eigenvalue weighted by Crippen LogP contribution is 2.30. The fraction of sp³-hybridized carbons (Fsp3) is 0.227. The minimum absolute atomic E-state index is 0.0625. The van der Waals surface area contributed by atoms with Gasteiger partial charge in [0.05, 0.1) is 12.1 Å². The molecule has 28 heavy (non-hydrogen) atoms. The van der Waals surface area contributed by atoms with Crippen LogP contribution in [0.15, 0.2) is 59.0 Å². The number of hydrogen-bond donors (Lipinski definition) is 2. The predicted molar refractivity (Wildman–Crippen MR) is 107 cm³/mol. The predicted octanol–water partition coefficient (Wildman–Crippen LogP) is 4.18. The maximum Gasteiger partial charge on any atom is 0.230 e. The largest absolute Gasteiger partial charge is 0.441 e. The van der Waals surface area contributed by atoms with Crippen LogP contribution in [0.25, 0.3) is 11.5 Å². The van der Waals surface area contributed by atoms with Gasteiger partial charge in [-0.1, -0.05) is 18.2 Å². The van der Waals surface area contributed by atoms with Crippen LogP contribution in [0, 0.1) is 12.8 Å². The summed E-state index contributed by atoms with van der Waals surface area (Å²) in [6.45, 7) is 1.80. The van der Waals surface area contributed by atoms with E-state index >= 15 is 0 Å². The summed E-state index contributed by atoms with van der Waals surface area (Å²) in [4.78, 5) is 28.6. The molecule has 1 saturated carbocycles. The van der Waals surface area contributed by atoms with Crippen LogP contribution in [0.3, 0.4) is 0 Å². The molecule has 1 aliphatic rings. The van der Waals surface area contributed by atoms with E-state index in [0.29, 0.717) is 23.0 Å². The van der Waals surface area contributed by atoms with Crippen molar-refractivity contribution in [2.45, 2.75) is 26.2 Å². The number of nitrogens with zero attached hydrogens (tertiary/aromatic N) is 1. The summed E-state index contributed by atoms with van der Waals surface area (Å²) in [6, 6.07) is 16.7. The number of aryl methyl sites for hydroxylation is 1. The number of carbonyl (C=O) groups excluding carboxylic acids is 2. The second kappa shape index (κ2) is 7.68. The normalized spacial score (nSPS) is 13.2. The van der Waals surface area contributed by atoms with Gasteiger partial charge in [-0.25, -0.2) is 4.98 Å². The zero-order valence-corrected chi connectivity index (χ0v) is 15.6. The highest BCUT2D eigenvalue weighted by Gasteiger charge is 2.29. The van der Waals surface area contributed by atoms with Crippen LogP contribution in [0.1, 0.15) is 24.3 Å². The number of aromatic nitrogens is 1. The highest BCUT2D eigenvalue weighted by atomic mass is 16.4. The molecule has 2 amide bonds. The first-order chi connectivity index (χ1) is 13.6. The molecule has 0 bridgehead atoms. The fourth-order valence-electron chi connectivity index (χ4n) is 2.88. The van der Waals surface area contributed by atoms with E-state index in [1.807, 2.05) is 30.3 Å². The van der Waals surface area contributed by atoms with Gasteiger partial charge in [-0.15, -0.1) is 0 Å². The van der Waals surface area contributed by atoms with Gasteiger partial charge in [0, 0.05) is 22.9 Å². The number of benzene rings is 2. The minimum atomic E-state index is -0.175. The topological polar surface area (TPSA) is 84.2 Å². The van der Waals surface area contributed by atoms with Crippen molar-refractivity contribution in [2.24, 2.45) is 5.92 Å². The Kier molecular flexibility index (Phi) is 4.93. The fourth-order valence-corrected chi connectivity index (χ4v) is 2.88. The molecule has 6 heteroatoms. The second-order valence-electron chi connectivity index (χ2n) is 6.95. The Balaban J connectivity index is 1.36. The molecule has 2 N–H and O–H groups in total. The molecule has 0 saturated heterocycles. The first-order valence-electron chi connectivity index (χ1n) is 9.31. The van der Waals surface area contributed by atoms with Crippen LogP contribution in [-0.4, -0.2) is 16.8 Å². The van der Waals surface area contributed by atoms with Gasteiger partial charge in [0.15, 0.2) is 0 Å². The lowest BCUT2D eigenvalue weighted by atomic mass is 10.2. The van der Waals surface area contributed by atoms with Crippen LogP contribution >= 0.6 is 0 Å². The Morgan fingerprint density at radius 2 is 1.64 bits per heavy atom. The Bertz CT molecular complexity index is 990. The van der Waals surface area contributed by atoms with E-state index in [2.05, 4.69) is 15.6 Å². The lowest BCUT2D eigenvalue weighted by molar-refractivity contribution is -0.117. The van der Waals surface area contributed by atoms with Gasteiger partial charge in [-0.2, -0.15) is 0 Å². The Hall–Kier alpha value is -3.41. The van der Waals surface area contributed by atoms with E-state index in [0.717, 1.165) is 24.1 Å². The molecule has 0 spiro atoms. The van der Waals surface area contributed by atoms with Crippen LogP contribution in [0.5, 0.6) is 0 Å². The van der Waals surface area contributed by atoms with Crippen LogP contribution in [0.2, 0.25) is 0 Å². The first-order valence-corrected chi connectivity index (χ1v) is 9.31. The monoisotopic (exact) mass is 375 g/mol. The Morgan fingerprint density at radius 1 is 1.00 bits per heavy atom. The minimum Gasteiger partial charge on any atom is -0.441 e. The molecule has 1 aromatic heterocycles. The average Bonchev–Trinajstić information content (AvgIpc) is 3.49. The maximum absolute atomic E-state index is 12.4. The molecule has 1 heterocycles. The lowest BCUT2D eigenvalue weighted by Crippen LogP contribution is -2.15. The number of anilines is 2. The molecule has 0 atom stereocenters. The van der Waals surface area contributed by atoms with Crippen LogP contribution < -0.4 is 10.6 Å². The standard InChI is InChI=1S/C22H21N3O3/c1-14-19(25-22(28-14)16-5-3-2-4-6-16)13-20(26)23-17-9-11-18(12-10-17)24-21(27)15-7-8-15/h2-6,9-12,15H,7-8,13H2,1H3,(H,23,26)(H,24,27). The zero-order chi connectivity index (χ0) is 19.5. The summed E-state index contributed by atoms with van der Waals surface area (Å²) in [7, 11) is 0. The van der Waals surface area contributed by atoms with E-state index in [-0.39, 0.29) is 24.2 Å². The summed E-state index contributed by atoms with van der Waals surface area (Å²) < 4.78 is 5.70. The van der Waals surface area contributed by atoms with E-state index in [9.17, 15) is 9.59 Å². The molecule has 1 fully saturated rings. The molecule has 3 aromatic rings. The molecule has 0 radical (unpaired) electrons. The third-order valence-electron chi connectivity index (χ3n) is 4.63. The van der Waals surface area contributed by atoms with Crippen molar-refractivity contribution in [3.8, 4) is 11.5 Å². The smallest absolute Gasteiger partial charge is 0.230 e. The van der Waals surface area contributed by atoms with Crippen LogP contribution in [0.4, 0.5) is 11.4 Å². The number of hydrogen-bond acceptors (Lipinski definition) is 4. The zero-order valence-electron chi connectivity index (χ0n) is 15.6. The van der Waals surface area contributed by atoms with Crippen molar-refractivity contribution in [3.63, 3.8) is 0 Å². The summed E-state index contributed by atoms with van der Waals surface area (Å²) in [5.41, 5.74) is 2.89. The molecule has 0 unspecified atom stereocenters. The Morgan fingerprint density at radius 3 is 2.29 bits per heavy atom. The van der Waals surface area contributed by atoms with Crippen molar-refractivity contribution in [2.75, 3.05) is 10.6 Å². The van der Waals surface area contributed by atoms with Gasteiger partial charge in [0.25, 0.3) is 0 Å². The number of nitrogens with one attached hydrogen (secondary N) is 2. The quantitative estimate of drug-likeness (QED) is 0.677. The third kappa shape index (κ3) is 4.28. The van der Waals surface area contributed by atoms with E-state index in [4.69, 9.17) is 4.42 Å². The summed E-state index contributed by atoms with van der Waals surface area (Å²) >= 11 is 0. The second-order valence-corrected chi connectivity index (χ2v) is 6.95. The Labute approximate surface area is 163 Å². The van der Waals surface area contributed by atoms with Crippen molar-refractivity contribution < 1.29 is 14.0 Å². The van der Waals surface area contributed by atoms with Crippen molar-refractivity contribution in [1.29, 1.82) is 0 Å². The first kappa shape index (κ1) is 18.0. The lowest BCUT2D eigenvalue weighted by Gasteiger charge is -2.07. The van der Waals surface area contributed by atoms with Gasteiger partial charge in [-0.3, -0.25) is 9.59 Å². The molecule has 4 rings (SSSR count). The molecule has 2 aromatic carbocycles. The highest BCUT2D eigenvalue weighted by molar-refractivity contribution is 5.95. The number of oxazole rings is 1. The SMILES string of the molecule is Cc1oc(-c2ccccc2)nc1CC(=O)Nc1ccc(NC(=O)C2CC2)cc1. The van der Waals surface area contributed by atoms with Crippen LogP contribution in [-0.2, 0) is 16.0 Å². The third-order valence-corrected chi connectivity index (χ3v) is 4.63.